The topological polar surface area (TPSA) is 62.1 Å². The van der Waals surface area contributed by atoms with E-state index < -0.39 is 0 Å². The summed E-state index contributed by atoms with van der Waals surface area (Å²) in [6, 6.07) is 4.07. The van der Waals surface area contributed by atoms with Crippen molar-refractivity contribution in [3.63, 3.8) is 0 Å². The van der Waals surface area contributed by atoms with Crippen molar-refractivity contribution in [3.05, 3.63) is 70.7 Å². The number of fused-ring (bicyclic) bond motifs is 5. The van der Waals surface area contributed by atoms with Crippen LogP contribution >= 0.6 is 0 Å². The highest BCUT2D eigenvalue weighted by atomic mass is 16.5. The highest BCUT2D eigenvalue weighted by Crippen LogP contribution is 2.17. The molecule has 1 aromatic heterocycles. The third-order valence-corrected chi connectivity index (χ3v) is 4.03. The summed E-state index contributed by atoms with van der Waals surface area (Å²) in [5, 5.41) is 2.01. The van der Waals surface area contributed by atoms with Crippen molar-refractivity contribution in [2.45, 2.75) is 6.23 Å². The van der Waals surface area contributed by atoms with Crippen LogP contribution in [0.2, 0.25) is 0 Å². The number of aromatic nitrogens is 1. The van der Waals surface area contributed by atoms with Crippen LogP contribution in [0, 0.1) is 0 Å². The summed E-state index contributed by atoms with van der Waals surface area (Å²) in [6.45, 7) is 0.506. The lowest BCUT2D eigenvalue weighted by Crippen LogP contribution is -2.13. The molecule has 0 fully saturated rings. The normalized spacial score (nSPS) is 23.8. The van der Waals surface area contributed by atoms with Gasteiger partial charge in [-0.2, -0.15) is 0 Å². The van der Waals surface area contributed by atoms with E-state index in [1.807, 2.05) is 60.7 Å². The summed E-state index contributed by atoms with van der Waals surface area (Å²) in [7, 11) is 0. The molecule has 5 heteroatoms. The molecule has 0 saturated heterocycles. The van der Waals surface area contributed by atoms with Crippen LogP contribution in [0.1, 0.15) is 0 Å². The van der Waals surface area contributed by atoms with Crippen LogP contribution in [0.4, 0.5) is 0 Å². The van der Waals surface area contributed by atoms with E-state index in [2.05, 4.69) is 20.0 Å². The third kappa shape index (κ3) is 2.55. The summed E-state index contributed by atoms with van der Waals surface area (Å²) in [4.78, 5) is 17.1. The quantitative estimate of drug-likeness (QED) is 0.768. The van der Waals surface area contributed by atoms with Gasteiger partial charge in [0.15, 0.2) is 6.23 Å². The van der Waals surface area contributed by atoms with Crippen LogP contribution in [0.3, 0.4) is 0 Å². The van der Waals surface area contributed by atoms with Crippen molar-refractivity contribution in [2.24, 2.45) is 15.0 Å². The molecule has 24 heavy (non-hydrogen) atoms. The predicted octanol–water partition coefficient (Wildman–Crippen LogP) is 1.18. The van der Waals surface area contributed by atoms with Gasteiger partial charge in [-0.3, -0.25) is 4.99 Å². The first-order valence-electron chi connectivity index (χ1n) is 7.84. The Labute approximate surface area is 138 Å². The molecular formula is C19H14N4O. The Kier molecular flexibility index (Phi) is 2.93. The van der Waals surface area contributed by atoms with Gasteiger partial charge in [-0.25, -0.2) is 9.98 Å². The minimum absolute atomic E-state index is 0.281. The van der Waals surface area contributed by atoms with E-state index in [0.717, 1.165) is 39.2 Å². The number of hydrogen-bond donors (Lipinski definition) is 1. The Bertz CT molecular complexity index is 1060. The maximum Gasteiger partial charge on any atom is 0.170 e. The molecule has 0 spiro atoms. The molecule has 0 aliphatic carbocycles. The number of hydrogen-bond acceptors (Lipinski definition) is 4. The molecule has 8 bridgehead atoms. The monoisotopic (exact) mass is 314 g/mol. The van der Waals surface area contributed by atoms with Crippen LogP contribution in [0.5, 0.6) is 0 Å². The summed E-state index contributed by atoms with van der Waals surface area (Å²) in [5.41, 5.74) is 4.48. The first-order valence-corrected chi connectivity index (χ1v) is 7.84. The zero-order valence-corrected chi connectivity index (χ0v) is 12.8. The molecule has 0 amide bonds. The third-order valence-electron chi connectivity index (χ3n) is 4.03. The number of nitrogens with zero attached hydrogens (tertiary/aromatic N) is 3. The average Bonchev–Trinajstić information content (AvgIpc) is 3.32. The first kappa shape index (κ1) is 13.4. The van der Waals surface area contributed by atoms with Crippen LogP contribution in [0.25, 0.3) is 12.2 Å². The first-order chi connectivity index (χ1) is 11.8. The fraction of sp³-hybridized carbons (Fsp3) is 0.105. The molecule has 116 valence electrons. The summed E-state index contributed by atoms with van der Waals surface area (Å²) < 4.78 is 5.70. The fourth-order valence-electron chi connectivity index (χ4n) is 2.93. The molecule has 1 atom stereocenters. The smallest absolute Gasteiger partial charge is 0.170 e. The lowest BCUT2D eigenvalue weighted by Gasteiger charge is -1.99. The highest BCUT2D eigenvalue weighted by Gasteiger charge is 2.16. The van der Waals surface area contributed by atoms with Crippen molar-refractivity contribution in [3.8, 4) is 0 Å². The van der Waals surface area contributed by atoms with Crippen LogP contribution < -0.4 is 10.7 Å². The molecule has 0 aromatic carbocycles. The number of aliphatic imine (C=N–C) groups is 3. The molecule has 0 radical (unpaired) electrons. The lowest BCUT2D eigenvalue weighted by atomic mass is 10.3. The molecular weight excluding hydrogens is 300 g/mol. The highest BCUT2D eigenvalue weighted by molar-refractivity contribution is 6.20. The second kappa shape index (κ2) is 5.25. The minimum atomic E-state index is -0.281. The van der Waals surface area contributed by atoms with Crippen molar-refractivity contribution in [2.75, 3.05) is 6.61 Å². The summed E-state index contributed by atoms with van der Waals surface area (Å²) >= 11 is 0. The van der Waals surface area contributed by atoms with E-state index >= 15 is 0 Å². The van der Waals surface area contributed by atoms with Crippen molar-refractivity contribution in [1.82, 2.24) is 4.98 Å². The van der Waals surface area contributed by atoms with Crippen molar-refractivity contribution >= 4 is 29.3 Å². The van der Waals surface area contributed by atoms with Crippen LogP contribution in [-0.4, -0.2) is 35.0 Å². The van der Waals surface area contributed by atoms with Gasteiger partial charge >= 0.3 is 0 Å². The van der Waals surface area contributed by atoms with Crippen LogP contribution in [0.15, 0.2) is 75.0 Å². The molecule has 5 rings (SSSR count). The number of allylic oxidation sites excluding steroid dienone is 5. The SMILES string of the molecule is C1=CC2=NC1=CC1N=C(C=c3ccc([nH]3)=CC3=NC(=C2)C=C3)CO1. The predicted molar refractivity (Wildman–Crippen MR) is 95.5 cm³/mol. The second-order valence-electron chi connectivity index (χ2n) is 5.88. The van der Waals surface area contributed by atoms with E-state index in [1.54, 1.807) is 0 Å². The number of ether oxygens (including phenoxy) is 1. The van der Waals surface area contributed by atoms with Gasteiger partial charge in [0.05, 0.1) is 35.1 Å². The molecule has 5 nitrogen and oxygen atoms in total. The van der Waals surface area contributed by atoms with Crippen molar-refractivity contribution < 1.29 is 4.74 Å². The van der Waals surface area contributed by atoms with Gasteiger partial charge in [0, 0.05) is 10.7 Å². The second-order valence-corrected chi connectivity index (χ2v) is 5.88. The van der Waals surface area contributed by atoms with Crippen LogP contribution in [-0.2, 0) is 4.74 Å². The molecule has 1 unspecified atom stereocenters. The Morgan fingerprint density at radius 1 is 0.875 bits per heavy atom. The van der Waals surface area contributed by atoms with E-state index in [0.29, 0.717) is 6.61 Å². The summed E-state index contributed by atoms with van der Waals surface area (Å²) in [5.74, 6) is 0. The Balaban J connectivity index is 1.67. The van der Waals surface area contributed by atoms with E-state index in [9.17, 15) is 0 Å². The summed E-state index contributed by atoms with van der Waals surface area (Å²) in [6.07, 6.45) is 15.6. The largest absolute Gasteiger partial charge is 0.355 e. The van der Waals surface area contributed by atoms with Gasteiger partial charge in [0.2, 0.25) is 0 Å². The number of rotatable bonds is 0. The molecule has 0 saturated carbocycles. The van der Waals surface area contributed by atoms with E-state index in [4.69, 9.17) is 4.74 Å². The maximum absolute atomic E-state index is 5.70. The Morgan fingerprint density at radius 3 is 2.54 bits per heavy atom. The molecule has 4 aliphatic rings. The van der Waals surface area contributed by atoms with E-state index in [-0.39, 0.29) is 6.23 Å². The number of aromatic amines is 1. The Hall–Kier alpha value is -3.05. The zero-order valence-electron chi connectivity index (χ0n) is 12.8. The van der Waals surface area contributed by atoms with Crippen molar-refractivity contribution in [1.29, 1.82) is 0 Å². The van der Waals surface area contributed by atoms with Gasteiger partial charge < -0.3 is 9.72 Å². The standard InChI is InChI=1S/C19H14N4O/c1-2-13-8-15-5-6-17(22-15)10-19-23-18(11-24-19)9-16-4-3-14(21-16)7-12(1)20-13/h1-10,19,21H,11H2. The number of nitrogens with one attached hydrogen (secondary N) is 1. The molecule has 1 aromatic rings. The molecule has 4 aliphatic heterocycles. The van der Waals surface area contributed by atoms with Gasteiger partial charge in [0.25, 0.3) is 0 Å². The molecule has 1 N–H and O–H groups in total. The van der Waals surface area contributed by atoms with E-state index in [1.165, 1.54) is 0 Å². The van der Waals surface area contributed by atoms with Gasteiger partial charge in [-0.15, -0.1) is 0 Å². The fourth-order valence-corrected chi connectivity index (χ4v) is 2.93. The maximum atomic E-state index is 5.70. The molecule has 5 heterocycles. The minimum Gasteiger partial charge on any atom is -0.355 e. The average molecular weight is 314 g/mol. The Morgan fingerprint density at radius 2 is 1.62 bits per heavy atom. The lowest BCUT2D eigenvalue weighted by molar-refractivity contribution is 0.145. The van der Waals surface area contributed by atoms with Gasteiger partial charge in [-0.1, -0.05) is 0 Å². The zero-order chi connectivity index (χ0) is 15.9. The van der Waals surface area contributed by atoms with Gasteiger partial charge in [0.1, 0.15) is 0 Å². The van der Waals surface area contributed by atoms with Gasteiger partial charge in [-0.05, 0) is 60.7 Å². The number of H-pyrrole nitrogens is 1.